The summed E-state index contributed by atoms with van der Waals surface area (Å²) in [6.45, 7) is 0. The highest BCUT2D eigenvalue weighted by Gasteiger charge is 2.31. The van der Waals surface area contributed by atoms with Gasteiger partial charge in [0.15, 0.2) is 0 Å². The Morgan fingerprint density at radius 2 is 1.50 bits per heavy atom. The van der Waals surface area contributed by atoms with Crippen molar-refractivity contribution >= 4 is 5.97 Å². The van der Waals surface area contributed by atoms with Gasteiger partial charge in [0.05, 0.1) is 12.0 Å². The van der Waals surface area contributed by atoms with E-state index in [2.05, 4.69) is 0 Å². The maximum atomic E-state index is 11.9. The Labute approximate surface area is 97.5 Å². The smallest absolute Gasteiger partial charge is 0.309 e. The molecule has 0 saturated heterocycles. The fraction of sp³-hybridized carbons (Fsp3) is 0.923. The largest absolute Gasteiger partial charge is 0.459 e. The summed E-state index contributed by atoms with van der Waals surface area (Å²) in [7, 11) is 1.71. The molecule has 92 valence electrons. The van der Waals surface area contributed by atoms with Gasteiger partial charge in [-0.1, -0.05) is 19.3 Å². The number of rotatable bonds is 3. The second-order valence-corrected chi connectivity index (χ2v) is 5.02. The average molecular weight is 226 g/mol. The van der Waals surface area contributed by atoms with Crippen LogP contribution in [0, 0.1) is 5.92 Å². The van der Waals surface area contributed by atoms with Crippen molar-refractivity contribution in [1.29, 1.82) is 0 Å². The highest BCUT2D eigenvalue weighted by atomic mass is 16.6. The van der Waals surface area contributed by atoms with Gasteiger partial charge in [-0.2, -0.15) is 0 Å². The number of carbonyl (C=O) groups excluding carboxylic acids is 1. The van der Waals surface area contributed by atoms with Crippen molar-refractivity contribution in [3.05, 3.63) is 0 Å². The third-order valence-corrected chi connectivity index (χ3v) is 3.90. The number of ether oxygens (including phenoxy) is 2. The zero-order chi connectivity index (χ0) is 11.4. The molecule has 2 atom stereocenters. The second-order valence-electron chi connectivity index (χ2n) is 5.02. The molecule has 0 spiro atoms. The third kappa shape index (κ3) is 2.76. The van der Waals surface area contributed by atoms with Gasteiger partial charge in [-0.05, 0) is 32.1 Å². The van der Waals surface area contributed by atoms with Gasteiger partial charge < -0.3 is 9.47 Å². The summed E-state index contributed by atoms with van der Waals surface area (Å²) >= 11 is 0. The Balaban J connectivity index is 1.84. The maximum Gasteiger partial charge on any atom is 0.309 e. The van der Waals surface area contributed by atoms with Crippen LogP contribution in [0.3, 0.4) is 0 Å². The van der Waals surface area contributed by atoms with Crippen LogP contribution in [0.1, 0.15) is 51.4 Å². The molecule has 0 bridgehead atoms. The molecule has 0 N–H and O–H groups in total. The average Bonchev–Trinajstić information content (AvgIpc) is 2.83. The summed E-state index contributed by atoms with van der Waals surface area (Å²) in [6, 6.07) is 0. The Hall–Kier alpha value is -0.570. The number of methoxy groups -OCH3 is 1. The third-order valence-electron chi connectivity index (χ3n) is 3.90. The lowest BCUT2D eigenvalue weighted by Gasteiger charge is -2.30. The van der Waals surface area contributed by atoms with Crippen molar-refractivity contribution in [2.24, 2.45) is 5.92 Å². The molecule has 2 rings (SSSR count). The molecule has 16 heavy (non-hydrogen) atoms. The van der Waals surface area contributed by atoms with E-state index in [0.29, 0.717) is 0 Å². The van der Waals surface area contributed by atoms with Gasteiger partial charge in [-0.25, -0.2) is 0 Å². The van der Waals surface area contributed by atoms with Gasteiger partial charge in [0.1, 0.15) is 6.10 Å². The first kappa shape index (κ1) is 11.9. The van der Waals surface area contributed by atoms with Crippen molar-refractivity contribution in [2.45, 2.75) is 63.6 Å². The van der Waals surface area contributed by atoms with Gasteiger partial charge in [-0.15, -0.1) is 0 Å². The minimum absolute atomic E-state index is 0.00634. The zero-order valence-electron chi connectivity index (χ0n) is 10.1. The molecule has 2 aliphatic carbocycles. The van der Waals surface area contributed by atoms with Crippen LogP contribution >= 0.6 is 0 Å². The summed E-state index contributed by atoms with van der Waals surface area (Å²) in [5.41, 5.74) is 0. The molecule has 0 aromatic rings. The Morgan fingerprint density at radius 1 is 0.938 bits per heavy atom. The fourth-order valence-corrected chi connectivity index (χ4v) is 2.87. The van der Waals surface area contributed by atoms with E-state index in [-0.39, 0.29) is 24.1 Å². The monoisotopic (exact) mass is 226 g/mol. The summed E-state index contributed by atoms with van der Waals surface area (Å²) < 4.78 is 11.0. The van der Waals surface area contributed by atoms with Crippen LogP contribution in [0.2, 0.25) is 0 Å². The van der Waals surface area contributed by atoms with E-state index in [9.17, 15) is 4.79 Å². The van der Waals surface area contributed by atoms with Gasteiger partial charge in [-0.3, -0.25) is 4.79 Å². The van der Waals surface area contributed by atoms with Crippen LogP contribution in [0.5, 0.6) is 0 Å². The molecule has 2 aliphatic rings. The van der Waals surface area contributed by atoms with E-state index >= 15 is 0 Å². The van der Waals surface area contributed by atoms with Crippen LogP contribution < -0.4 is 0 Å². The molecule has 0 aromatic carbocycles. The summed E-state index contributed by atoms with van der Waals surface area (Å²) in [6.07, 6.45) is 8.86. The van der Waals surface area contributed by atoms with Crippen molar-refractivity contribution in [1.82, 2.24) is 0 Å². The summed E-state index contributed by atoms with van der Waals surface area (Å²) in [5.74, 6) is 0.186. The molecule has 0 amide bonds. The minimum atomic E-state index is 0.00634. The summed E-state index contributed by atoms with van der Waals surface area (Å²) in [5, 5.41) is 0. The zero-order valence-corrected chi connectivity index (χ0v) is 10.1. The van der Waals surface area contributed by atoms with Crippen molar-refractivity contribution in [2.75, 3.05) is 7.11 Å². The van der Waals surface area contributed by atoms with Crippen LogP contribution in [0.25, 0.3) is 0 Å². The lowest BCUT2D eigenvalue weighted by Crippen LogP contribution is -2.36. The highest BCUT2D eigenvalue weighted by molar-refractivity contribution is 5.72. The predicted octanol–water partition coefficient (Wildman–Crippen LogP) is 2.68. The first-order chi connectivity index (χ1) is 7.81. The normalized spacial score (nSPS) is 31.6. The van der Waals surface area contributed by atoms with Gasteiger partial charge in [0, 0.05) is 7.11 Å². The molecule has 0 aromatic heterocycles. The first-order valence-electron chi connectivity index (χ1n) is 6.54. The Morgan fingerprint density at radius 3 is 2.12 bits per heavy atom. The SMILES string of the molecule is CO[C@@H]1CCCC[C@H]1OC(=O)C1CCCC1. The van der Waals surface area contributed by atoms with Gasteiger partial charge >= 0.3 is 5.97 Å². The molecule has 0 aliphatic heterocycles. The van der Waals surface area contributed by atoms with Gasteiger partial charge in [0.2, 0.25) is 0 Å². The van der Waals surface area contributed by atoms with E-state index in [4.69, 9.17) is 9.47 Å². The number of hydrogen-bond donors (Lipinski definition) is 0. The fourth-order valence-electron chi connectivity index (χ4n) is 2.87. The molecular weight excluding hydrogens is 204 g/mol. The second kappa shape index (κ2) is 5.67. The standard InChI is InChI=1S/C13H22O3/c1-15-11-8-4-5-9-12(11)16-13(14)10-6-2-3-7-10/h10-12H,2-9H2,1H3/t11-,12-/m1/s1. The van der Waals surface area contributed by atoms with Crippen molar-refractivity contribution < 1.29 is 14.3 Å². The first-order valence-corrected chi connectivity index (χ1v) is 6.54. The van der Waals surface area contributed by atoms with E-state index in [1.165, 1.54) is 19.3 Å². The quantitative estimate of drug-likeness (QED) is 0.694. The Bertz CT molecular complexity index is 233. The number of esters is 1. The van der Waals surface area contributed by atoms with Crippen LogP contribution in [0.4, 0.5) is 0 Å². The molecule has 0 unspecified atom stereocenters. The van der Waals surface area contributed by atoms with Crippen LogP contribution in [-0.2, 0) is 14.3 Å². The molecule has 0 heterocycles. The number of carbonyl (C=O) groups is 1. The molecule has 2 fully saturated rings. The highest BCUT2D eigenvalue weighted by Crippen LogP contribution is 2.29. The minimum Gasteiger partial charge on any atom is -0.459 e. The van der Waals surface area contributed by atoms with E-state index in [1.807, 2.05) is 0 Å². The predicted molar refractivity (Wildman–Crippen MR) is 61.1 cm³/mol. The molecule has 2 saturated carbocycles. The van der Waals surface area contributed by atoms with Crippen LogP contribution in [-0.4, -0.2) is 25.3 Å². The lowest BCUT2D eigenvalue weighted by molar-refractivity contribution is -0.163. The van der Waals surface area contributed by atoms with Gasteiger partial charge in [0.25, 0.3) is 0 Å². The Kier molecular flexibility index (Phi) is 4.22. The summed E-state index contributed by atoms with van der Waals surface area (Å²) in [4.78, 5) is 11.9. The lowest BCUT2D eigenvalue weighted by atomic mass is 9.94. The van der Waals surface area contributed by atoms with E-state index in [1.54, 1.807) is 7.11 Å². The van der Waals surface area contributed by atoms with Crippen LogP contribution in [0.15, 0.2) is 0 Å². The maximum absolute atomic E-state index is 11.9. The molecule has 3 heteroatoms. The molecule has 0 radical (unpaired) electrons. The van der Waals surface area contributed by atoms with Crippen molar-refractivity contribution in [3.63, 3.8) is 0 Å². The number of hydrogen-bond acceptors (Lipinski definition) is 3. The molecule has 3 nitrogen and oxygen atoms in total. The van der Waals surface area contributed by atoms with E-state index in [0.717, 1.165) is 32.1 Å². The molecular formula is C13H22O3. The van der Waals surface area contributed by atoms with E-state index < -0.39 is 0 Å². The van der Waals surface area contributed by atoms with Crippen molar-refractivity contribution in [3.8, 4) is 0 Å². The topological polar surface area (TPSA) is 35.5 Å².